The van der Waals surface area contributed by atoms with Crippen LogP contribution in [0.4, 0.5) is 38.1 Å². The molecule has 9 N–H and O–H groups in total. The Morgan fingerprint density at radius 1 is 0.906 bits per heavy atom. The Morgan fingerprint density at radius 3 is 1.81 bits per heavy atom. The van der Waals surface area contributed by atoms with E-state index in [9.17, 15) is 25.0 Å². The summed E-state index contributed by atoms with van der Waals surface area (Å²) in [4.78, 5) is 45.3. The minimum Gasteiger partial charge on any atom is -0.870 e. The van der Waals surface area contributed by atoms with E-state index >= 15 is 0 Å². The molecule has 0 amide bonds. The van der Waals surface area contributed by atoms with Gasteiger partial charge < -0.3 is 38.0 Å². The molecule has 53 heavy (non-hydrogen) atoms. The van der Waals surface area contributed by atoms with Crippen molar-refractivity contribution in [3.63, 3.8) is 0 Å². The van der Waals surface area contributed by atoms with Crippen molar-refractivity contribution in [3.05, 3.63) is 90.4 Å². The van der Waals surface area contributed by atoms with Crippen molar-refractivity contribution in [1.29, 1.82) is 0 Å². The number of ketones is 1. The van der Waals surface area contributed by atoms with Crippen LogP contribution in [0.5, 0.6) is 0 Å². The molecule has 0 bridgehead atoms. The molecule has 3 aromatic heterocycles. The van der Waals surface area contributed by atoms with Crippen molar-refractivity contribution in [2.75, 3.05) is 40.6 Å². The Hall–Kier alpha value is -3.71. The number of nitrogens with two attached hydrogens (primary N) is 3. The van der Waals surface area contributed by atoms with Crippen molar-refractivity contribution < 1.29 is 54.4 Å². The first-order valence-corrected chi connectivity index (χ1v) is 18.7. The van der Waals surface area contributed by atoms with Gasteiger partial charge in [0.15, 0.2) is 26.3 Å². The first-order valence-electron chi connectivity index (χ1n) is 14.7. The summed E-state index contributed by atoms with van der Waals surface area (Å²) in [5, 5.41) is 30.7. The van der Waals surface area contributed by atoms with Gasteiger partial charge >= 0.3 is 29.6 Å². The number of aryl methyl sites for hydroxylation is 2. The fourth-order valence-electron chi connectivity index (χ4n) is 3.94. The number of ether oxygens (including phenoxy) is 1. The molecule has 1 aliphatic rings. The number of carbonyl (C=O) groups is 1. The standard InChI is InChI=1S/C13H11N5O2S2.C7H7N3O2S.C6H7BrN2OS.C4H8O.Na.H2O/c1-7-11(22-12(14)15-7)10-6-21-13(17-10)16-8-2-4-9(5-3-8)18(19)20;8-7(13)9-5-1-3-6(4-2-5)10(11)12;1-3-5(4(10)2-7)11-6(8)9-3;1-2-4-5-3-1;;/h2-6H,1H3,(H2,14,15)(H,16,17);1-4H,(H3,8,9,13);2H2,1H3,(H2,8,9);1-4H2;;1H2/q;;;;+1;/p-1. The molecule has 23 heteroatoms. The second kappa shape index (κ2) is 23.9. The van der Waals surface area contributed by atoms with Crippen LogP contribution in [0.15, 0.2) is 53.9 Å². The summed E-state index contributed by atoms with van der Waals surface area (Å²) in [5.41, 5.74) is 20.2. The summed E-state index contributed by atoms with van der Waals surface area (Å²) < 4.78 is 4.94. The van der Waals surface area contributed by atoms with Crippen molar-refractivity contribution in [2.45, 2.75) is 26.7 Å². The van der Waals surface area contributed by atoms with E-state index < -0.39 is 9.85 Å². The number of thiocarbonyl (C=S) groups is 1. The van der Waals surface area contributed by atoms with Crippen LogP contribution in [0.25, 0.3) is 10.6 Å². The van der Waals surface area contributed by atoms with Gasteiger partial charge in [0, 0.05) is 54.2 Å². The van der Waals surface area contributed by atoms with E-state index in [2.05, 4.69) is 53.7 Å². The third-order valence-corrected chi connectivity index (χ3v) is 9.65. The van der Waals surface area contributed by atoms with Gasteiger partial charge in [0.05, 0.1) is 42.0 Å². The van der Waals surface area contributed by atoms with E-state index in [-0.39, 0.29) is 57.3 Å². The predicted molar refractivity (Wildman–Crippen MR) is 214 cm³/mol. The van der Waals surface area contributed by atoms with Gasteiger partial charge in [0.25, 0.3) is 11.4 Å². The first kappa shape index (κ1) is 47.3. The number of aromatic nitrogens is 3. The number of halogens is 1. The summed E-state index contributed by atoms with van der Waals surface area (Å²) in [6.07, 6.45) is 2.56. The van der Waals surface area contributed by atoms with Crippen LogP contribution in [0, 0.1) is 34.1 Å². The van der Waals surface area contributed by atoms with Crippen LogP contribution in [0.2, 0.25) is 0 Å². The van der Waals surface area contributed by atoms with E-state index in [0.717, 1.165) is 40.9 Å². The first-order chi connectivity index (χ1) is 24.3. The third kappa shape index (κ3) is 16.1. The maximum absolute atomic E-state index is 11.1. The smallest absolute Gasteiger partial charge is 0.870 e. The molecule has 0 radical (unpaired) electrons. The Morgan fingerprint density at radius 2 is 1.42 bits per heavy atom. The molecule has 278 valence electrons. The van der Waals surface area contributed by atoms with E-state index in [1.54, 1.807) is 19.1 Å². The minimum atomic E-state index is -0.468. The van der Waals surface area contributed by atoms with Crippen LogP contribution in [0.3, 0.4) is 0 Å². The molecule has 0 spiro atoms. The summed E-state index contributed by atoms with van der Waals surface area (Å²) in [6.45, 7) is 5.67. The second-order valence-corrected chi connectivity index (χ2v) is 14.0. The number of Topliss-reactive ketones (excluding diaryl/α,β-unsaturated/α-hetero) is 1. The monoisotopic (exact) mass is 876 g/mol. The minimum absolute atomic E-state index is 0. The number of carbonyl (C=O) groups excluding carboxylic acids is 1. The number of alkyl halides is 1. The molecule has 0 saturated carbocycles. The molecule has 5 aromatic rings. The number of nitro groups is 2. The molecule has 1 aliphatic heterocycles. The molecule has 2 aromatic carbocycles. The summed E-state index contributed by atoms with van der Waals surface area (Å²) in [6, 6.07) is 12.0. The zero-order valence-corrected chi connectivity index (χ0v) is 35.5. The van der Waals surface area contributed by atoms with Gasteiger partial charge in [-0.3, -0.25) is 25.0 Å². The maximum Gasteiger partial charge on any atom is 1.00 e. The van der Waals surface area contributed by atoms with E-state index in [0.29, 0.717) is 31.3 Å². The molecule has 6 rings (SSSR count). The molecule has 1 saturated heterocycles. The van der Waals surface area contributed by atoms with Crippen LogP contribution in [-0.4, -0.2) is 59.7 Å². The Bertz CT molecular complexity index is 1930. The topological polar surface area (TPSA) is 283 Å². The Kier molecular flexibility index (Phi) is 21.3. The van der Waals surface area contributed by atoms with E-state index in [4.69, 9.17) is 21.9 Å². The van der Waals surface area contributed by atoms with Crippen molar-refractivity contribution >= 4 is 111 Å². The number of nitrogens with zero attached hydrogens (tertiary/aromatic N) is 5. The molecule has 17 nitrogen and oxygen atoms in total. The Balaban J connectivity index is 0.000000388. The van der Waals surface area contributed by atoms with Crippen LogP contribution >= 0.6 is 62.2 Å². The largest absolute Gasteiger partial charge is 1.00 e. The van der Waals surface area contributed by atoms with Crippen LogP contribution in [-0.2, 0) is 4.74 Å². The molecule has 0 atom stereocenters. The van der Waals surface area contributed by atoms with Gasteiger partial charge in [0.1, 0.15) is 0 Å². The normalized spacial score (nSPS) is 11.0. The van der Waals surface area contributed by atoms with E-state index in [1.165, 1.54) is 83.3 Å². The number of nitrogen functional groups attached to an aromatic ring is 2. The number of non-ortho nitro benzene ring substituents is 2. The zero-order chi connectivity index (χ0) is 37.5. The molecule has 0 unspecified atom stereocenters. The van der Waals surface area contributed by atoms with Crippen molar-refractivity contribution in [1.82, 2.24) is 15.0 Å². The number of thiazole rings is 3. The zero-order valence-electron chi connectivity index (χ0n) is 28.6. The quantitative estimate of drug-likeness (QED) is 0.0363. The average molecular weight is 878 g/mol. The number of rotatable bonds is 8. The second-order valence-electron chi connectivity index (χ2n) is 10.1. The maximum atomic E-state index is 11.1. The number of anilines is 5. The number of nitro benzene ring substituents is 2. The average Bonchev–Trinajstić information content (AvgIpc) is 3.92. The fourth-order valence-corrected chi connectivity index (χ4v) is 6.88. The summed E-state index contributed by atoms with van der Waals surface area (Å²) >= 11 is 11.8. The van der Waals surface area contributed by atoms with E-state index in [1.807, 2.05) is 12.3 Å². The summed E-state index contributed by atoms with van der Waals surface area (Å²) in [5.74, 6) is 0.0386. The molecular formula is C30H34BrN10NaO7S4. The van der Waals surface area contributed by atoms with Crippen molar-refractivity contribution in [3.8, 4) is 10.6 Å². The van der Waals surface area contributed by atoms with Gasteiger partial charge in [-0.1, -0.05) is 38.6 Å². The van der Waals surface area contributed by atoms with Gasteiger partial charge in [-0.05, 0) is 63.2 Å². The molecular weight excluding hydrogens is 844 g/mol. The number of nitrogens with one attached hydrogen (secondary N) is 2. The van der Waals surface area contributed by atoms with Gasteiger partial charge in [-0.15, -0.1) is 11.3 Å². The van der Waals surface area contributed by atoms with Gasteiger partial charge in [-0.25, -0.2) is 15.0 Å². The number of benzene rings is 2. The van der Waals surface area contributed by atoms with Gasteiger partial charge in [-0.2, -0.15) is 0 Å². The molecule has 4 heterocycles. The SMILES string of the molecule is C1CCOC1.Cc1nc(N)sc1-c1csc(Nc2ccc([N+](=O)[O-])cc2)n1.Cc1nc(N)sc1C(=O)CBr.NC(=S)Nc1ccc([N+](=O)[O-])cc1.[Na+].[OH-]. The molecule has 1 fully saturated rings. The molecule has 0 aliphatic carbocycles. The number of hydrogen-bond donors (Lipinski definition) is 5. The number of hydrogen-bond acceptors (Lipinski definition) is 17. The van der Waals surface area contributed by atoms with Crippen molar-refractivity contribution in [2.24, 2.45) is 5.73 Å². The Labute approximate surface area is 351 Å². The van der Waals surface area contributed by atoms with Crippen LogP contribution in [0.1, 0.15) is 33.9 Å². The predicted octanol–water partition coefficient (Wildman–Crippen LogP) is 4.29. The summed E-state index contributed by atoms with van der Waals surface area (Å²) in [7, 11) is 0. The van der Waals surface area contributed by atoms with Crippen LogP contribution < -0.4 is 57.4 Å². The third-order valence-electron chi connectivity index (χ3n) is 6.24. The fraction of sp³-hybridized carbons (Fsp3) is 0.233. The van der Waals surface area contributed by atoms with Gasteiger partial charge in [0.2, 0.25) is 0 Å².